The van der Waals surface area contributed by atoms with Gasteiger partial charge in [0, 0.05) is 0 Å². The molecule has 3 heteroatoms. The Labute approximate surface area is 113 Å². The van der Waals surface area contributed by atoms with Crippen LogP contribution in [0.3, 0.4) is 0 Å². The number of nitrogens with zero attached hydrogens (tertiary/aromatic N) is 1. The molecule has 1 aromatic rings. The van der Waals surface area contributed by atoms with Crippen LogP contribution >= 0.6 is 0 Å². The van der Waals surface area contributed by atoms with Gasteiger partial charge in [-0.05, 0) is 55.2 Å². The van der Waals surface area contributed by atoms with Gasteiger partial charge in [-0.2, -0.15) is 5.26 Å². The molecule has 0 aromatic heterocycles. The van der Waals surface area contributed by atoms with Gasteiger partial charge in [0.1, 0.15) is 23.3 Å². The molecule has 0 saturated heterocycles. The maximum Gasteiger partial charge on any atom is 0.144 e. The molecule has 1 nitrogen and oxygen atoms in total. The molecule has 19 heavy (non-hydrogen) atoms. The Morgan fingerprint density at radius 2 is 1.74 bits per heavy atom. The molecule has 0 aliphatic heterocycles. The Bertz CT molecular complexity index is 459. The molecule has 0 unspecified atom stereocenters. The van der Waals surface area contributed by atoms with Crippen molar-refractivity contribution in [3.8, 4) is 6.07 Å². The molecule has 2 rings (SSSR count). The van der Waals surface area contributed by atoms with E-state index in [-0.39, 0.29) is 5.92 Å². The minimum Gasteiger partial charge on any atom is -0.205 e. The van der Waals surface area contributed by atoms with Gasteiger partial charge in [-0.25, -0.2) is 8.78 Å². The summed E-state index contributed by atoms with van der Waals surface area (Å²) in [6.45, 7) is 2.19. The first-order valence-corrected chi connectivity index (χ1v) is 7.04. The third-order valence-electron chi connectivity index (χ3n) is 4.19. The van der Waals surface area contributed by atoms with Crippen molar-refractivity contribution >= 4 is 0 Å². The average molecular weight is 263 g/mol. The van der Waals surface area contributed by atoms with Crippen LogP contribution < -0.4 is 0 Å². The molecule has 0 radical (unpaired) electrons. The zero-order chi connectivity index (χ0) is 13.8. The molecule has 1 saturated carbocycles. The van der Waals surface area contributed by atoms with Crippen molar-refractivity contribution in [1.29, 1.82) is 5.26 Å². The van der Waals surface area contributed by atoms with E-state index in [0.29, 0.717) is 5.56 Å². The summed E-state index contributed by atoms with van der Waals surface area (Å²) < 4.78 is 27.2. The Hall–Kier alpha value is -1.43. The second-order valence-electron chi connectivity index (χ2n) is 5.48. The van der Waals surface area contributed by atoms with E-state index in [1.165, 1.54) is 25.0 Å². The lowest BCUT2D eigenvalue weighted by molar-refractivity contribution is 0.307. The topological polar surface area (TPSA) is 23.8 Å². The van der Waals surface area contributed by atoms with Crippen molar-refractivity contribution in [1.82, 2.24) is 0 Å². The minimum atomic E-state index is -0.729. The van der Waals surface area contributed by atoms with Crippen LogP contribution in [-0.2, 0) is 0 Å². The molecule has 102 valence electrons. The Morgan fingerprint density at radius 3 is 2.21 bits per heavy atom. The highest BCUT2D eigenvalue weighted by atomic mass is 19.1. The maximum absolute atomic E-state index is 13.6. The standard InChI is InChI=1S/C16H19F2N/c1-2-3-11-4-6-12(7-5-11)13-8-15(17)14(10-19)16(18)9-13/h8-9,11-12H,2-7H2,1H3/t11-,12-. The van der Waals surface area contributed by atoms with E-state index in [9.17, 15) is 8.78 Å². The summed E-state index contributed by atoms with van der Waals surface area (Å²) in [5.74, 6) is -0.444. The highest BCUT2D eigenvalue weighted by molar-refractivity contribution is 5.36. The predicted molar refractivity (Wildman–Crippen MR) is 70.7 cm³/mol. The van der Waals surface area contributed by atoms with Gasteiger partial charge in [0.15, 0.2) is 0 Å². The van der Waals surface area contributed by atoms with E-state index in [0.717, 1.165) is 31.6 Å². The molecule has 0 heterocycles. The van der Waals surface area contributed by atoms with Crippen LogP contribution in [0.15, 0.2) is 12.1 Å². The second-order valence-corrected chi connectivity index (χ2v) is 5.48. The van der Waals surface area contributed by atoms with Gasteiger partial charge in [-0.3, -0.25) is 0 Å². The van der Waals surface area contributed by atoms with Gasteiger partial charge >= 0.3 is 0 Å². The van der Waals surface area contributed by atoms with Crippen LogP contribution in [0.1, 0.15) is 62.5 Å². The van der Waals surface area contributed by atoms with Crippen molar-refractivity contribution in [2.45, 2.75) is 51.4 Å². The molecule has 1 fully saturated rings. The zero-order valence-electron chi connectivity index (χ0n) is 11.3. The largest absolute Gasteiger partial charge is 0.205 e. The summed E-state index contributed by atoms with van der Waals surface area (Å²) in [5, 5.41) is 8.66. The van der Waals surface area contributed by atoms with Gasteiger partial charge < -0.3 is 0 Å². The van der Waals surface area contributed by atoms with E-state index in [4.69, 9.17) is 5.26 Å². The number of hydrogen-bond acceptors (Lipinski definition) is 1. The van der Waals surface area contributed by atoms with E-state index in [2.05, 4.69) is 6.92 Å². The Morgan fingerprint density at radius 1 is 1.16 bits per heavy atom. The first-order valence-electron chi connectivity index (χ1n) is 7.04. The molecule has 0 spiro atoms. The van der Waals surface area contributed by atoms with Gasteiger partial charge in [-0.1, -0.05) is 19.8 Å². The van der Waals surface area contributed by atoms with Crippen LogP contribution in [-0.4, -0.2) is 0 Å². The van der Waals surface area contributed by atoms with Crippen LogP contribution in [0.25, 0.3) is 0 Å². The zero-order valence-corrected chi connectivity index (χ0v) is 11.3. The fourth-order valence-corrected chi connectivity index (χ4v) is 3.13. The summed E-state index contributed by atoms with van der Waals surface area (Å²) in [6, 6.07) is 4.25. The van der Waals surface area contributed by atoms with E-state index < -0.39 is 17.2 Å². The van der Waals surface area contributed by atoms with Crippen molar-refractivity contribution in [2.24, 2.45) is 5.92 Å². The molecular weight excluding hydrogens is 244 g/mol. The first-order chi connectivity index (χ1) is 9.15. The SMILES string of the molecule is CCC[C@H]1CC[C@H](c2cc(F)c(C#N)c(F)c2)CC1. The number of benzene rings is 1. The van der Waals surface area contributed by atoms with Crippen LogP contribution in [0.4, 0.5) is 8.78 Å². The number of halogens is 2. The van der Waals surface area contributed by atoms with Crippen molar-refractivity contribution in [2.75, 3.05) is 0 Å². The lowest BCUT2D eigenvalue weighted by atomic mass is 9.77. The molecule has 0 amide bonds. The summed E-state index contributed by atoms with van der Waals surface area (Å²) in [4.78, 5) is 0. The highest BCUT2D eigenvalue weighted by Gasteiger charge is 2.23. The van der Waals surface area contributed by atoms with Gasteiger partial charge in [0.2, 0.25) is 0 Å². The lowest BCUT2D eigenvalue weighted by Gasteiger charge is -2.28. The van der Waals surface area contributed by atoms with Gasteiger partial charge in [0.25, 0.3) is 0 Å². The third-order valence-corrected chi connectivity index (χ3v) is 4.19. The molecule has 0 atom stereocenters. The Balaban J connectivity index is 2.10. The smallest absolute Gasteiger partial charge is 0.144 e. The van der Waals surface area contributed by atoms with E-state index >= 15 is 0 Å². The monoisotopic (exact) mass is 263 g/mol. The van der Waals surface area contributed by atoms with E-state index in [1.54, 1.807) is 6.07 Å². The normalized spacial score (nSPS) is 23.1. The fraction of sp³-hybridized carbons (Fsp3) is 0.562. The van der Waals surface area contributed by atoms with Crippen molar-refractivity contribution < 1.29 is 8.78 Å². The summed E-state index contributed by atoms with van der Waals surface area (Å²) in [5.41, 5.74) is 0.243. The molecule has 1 aliphatic carbocycles. The molecule has 1 aliphatic rings. The first kappa shape index (κ1) is 14.0. The van der Waals surface area contributed by atoms with Crippen LogP contribution in [0.2, 0.25) is 0 Å². The summed E-state index contributed by atoms with van der Waals surface area (Å²) >= 11 is 0. The summed E-state index contributed by atoms with van der Waals surface area (Å²) in [7, 11) is 0. The number of hydrogen-bond donors (Lipinski definition) is 0. The van der Waals surface area contributed by atoms with E-state index in [1.807, 2.05) is 0 Å². The number of nitriles is 1. The summed E-state index contributed by atoms with van der Waals surface area (Å²) in [6.07, 6.45) is 6.73. The average Bonchev–Trinajstić information content (AvgIpc) is 2.39. The predicted octanol–water partition coefficient (Wildman–Crippen LogP) is 4.91. The van der Waals surface area contributed by atoms with Crippen molar-refractivity contribution in [3.05, 3.63) is 34.9 Å². The van der Waals surface area contributed by atoms with Gasteiger partial charge in [0.05, 0.1) is 0 Å². The lowest BCUT2D eigenvalue weighted by Crippen LogP contribution is -2.13. The van der Waals surface area contributed by atoms with Gasteiger partial charge in [-0.15, -0.1) is 0 Å². The van der Waals surface area contributed by atoms with Crippen molar-refractivity contribution in [3.63, 3.8) is 0 Å². The quantitative estimate of drug-likeness (QED) is 0.760. The molecule has 0 bridgehead atoms. The molecule has 0 N–H and O–H groups in total. The minimum absolute atomic E-state index is 0.241. The van der Waals surface area contributed by atoms with Crippen LogP contribution in [0.5, 0.6) is 0 Å². The number of rotatable bonds is 3. The maximum atomic E-state index is 13.6. The molecule has 1 aromatic carbocycles. The highest BCUT2D eigenvalue weighted by Crippen LogP contribution is 2.38. The Kier molecular flexibility index (Phi) is 4.52. The third kappa shape index (κ3) is 3.12. The second kappa shape index (κ2) is 6.14. The molecular formula is C16H19F2N. The van der Waals surface area contributed by atoms with Crippen LogP contribution in [0, 0.1) is 28.9 Å². The fourth-order valence-electron chi connectivity index (χ4n) is 3.13.